The quantitative estimate of drug-likeness (QED) is 0.754. The third-order valence-electron chi connectivity index (χ3n) is 3.19. The minimum absolute atomic E-state index is 0.000897. The number of carbonyl (C=O) groups is 1. The highest BCUT2D eigenvalue weighted by atomic mass is 19.1. The van der Waals surface area contributed by atoms with Crippen LogP contribution >= 0.6 is 0 Å². The van der Waals surface area contributed by atoms with Crippen molar-refractivity contribution in [3.8, 4) is 5.75 Å². The molecule has 23 heavy (non-hydrogen) atoms. The van der Waals surface area contributed by atoms with Gasteiger partial charge in [0.25, 0.3) is 5.91 Å². The molecule has 0 bridgehead atoms. The second kappa shape index (κ2) is 5.87. The first kappa shape index (κ1) is 14.7. The van der Waals surface area contributed by atoms with Crippen LogP contribution in [0.5, 0.6) is 5.75 Å². The molecule has 3 heterocycles. The smallest absolute Gasteiger partial charge is 0.263 e. The monoisotopic (exact) mass is 316 g/mol. The van der Waals surface area contributed by atoms with Crippen LogP contribution in [0.4, 0.5) is 15.9 Å². The lowest BCUT2D eigenvalue weighted by molar-refractivity contribution is 0.102. The van der Waals surface area contributed by atoms with Crippen LogP contribution in [0.3, 0.4) is 0 Å². The highest BCUT2D eigenvalue weighted by molar-refractivity contribution is 6.12. The fourth-order valence-electron chi connectivity index (χ4n) is 2.11. The summed E-state index contributed by atoms with van der Waals surface area (Å²) in [7, 11) is 1.46. The molecule has 9 heteroatoms. The maximum atomic E-state index is 12.8. The van der Waals surface area contributed by atoms with Crippen LogP contribution < -0.4 is 15.8 Å². The summed E-state index contributed by atoms with van der Waals surface area (Å²) in [5.74, 6) is -0.127. The van der Waals surface area contributed by atoms with E-state index in [1.165, 1.54) is 36.3 Å². The second-order valence-electron chi connectivity index (χ2n) is 4.61. The SMILES string of the molecule is COc1cnccc1NC(=O)c1c(N)nn2ccc(CF)nc12. The third-order valence-corrected chi connectivity index (χ3v) is 3.19. The van der Waals surface area contributed by atoms with Gasteiger partial charge in [0.05, 0.1) is 24.7 Å². The Morgan fingerprint density at radius 3 is 3.04 bits per heavy atom. The Balaban J connectivity index is 2.02. The van der Waals surface area contributed by atoms with Gasteiger partial charge < -0.3 is 15.8 Å². The van der Waals surface area contributed by atoms with Crippen molar-refractivity contribution in [3.63, 3.8) is 0 Å². The molecule has 0 aliphatic rings. The summed E-state index contributed by atoms with van der Waals surface area (Å²) in [6, 6.07) is 3.05. The first-order valence-electron chi connectivity index (χ1n) is 6.63. The Hall–Kier alpha value is -3.23. The summed E-state index contributed by atoms with van der Waals surface area (Å²) in [5, 5.41) is 6.66. The minimum atomic E-state index is -0.749. The number of carbonyl (C=O) groups excluding carboxylic acids is 1. The summed E-state index contributed by atoms with van der Waals surface area (Å²) in [6.07, 6.45) is 4.48. The molecule has 8 nitrogen and oxygen atoms in total. The second-order valence-corrected chi connectivity index (χ2v) is 4.61. The van der Waals surface area contributed by atoms with E-state index in [0.717, 1.165) is 0 Å². The van der Waals surface area contributed by atoms with E-state index in [1.807, 2.05) is 0 Å². The number of nitrogens with two attached hydrogens (primary N) is 1. The average molecular weight is 316 g/mol. The number of halogens is 1. The Kier molecular flexibility index (Phi) is 3.75. The van der Waals surface area contributed by atoms with Gasteiger partial charge in [-0.2, -0.15) is 0 Å². The number of nitrogen functional groups attached to an aromatic ring is 1. The van der Waals surface area contributed by atoms with Gasteiger partial charge in [0, 0.05) is 12.4 Å². The lowest BCUT2D eigenvalue weighted by Gasteiger charge is -2.08. The van der Waals surface area contributed by atoms with Crippen LogP contribution in [-0.2, 0) is 6.67 Å². The van der Waals surface area contributed by atoms with Crippen molar-refractivity contribution in [1.82, 2.24) is 19.6 Å². The molecule has 0 radical (unpaired) electrons. The van der Waals surface area contributed by atoms with E-state index >= 15 is 0 Å². The van der Waals surface area contributed by atoms with Gasteiger partial charge in [-0.15, -0.1) is 5.10 Å². The van der Waals surface area contributed by atoms with Crippen LogP contribution in [0.1, 0.15) is 16.1 Å². The highest BCUT2D eigenvalue weighted by Crippen LogP contribution is 2.24. The molecule has 0 aliphatic heterocycles. The summed E-state index contributed by atoms with van der Waals surface area (Å²) in [6.45, 7) is -0.749. The van der Waals surface area contributed by atoms with Crippen molar-refractivity contribution in [3.05, 3.63) is 42.0 Å². The van der Waals surface area contributed by atoms with E-state index in [9.17, 15) is 9.18 Å². The number of aromatic nitrogens is 4. The number of hydrogen-bond donors (Lipinski definition) is 2. The lowest BCUT2D eigenvalue weighted by Crippen LogP contribution is -2.14. The number of ether oxygens (including phenoxy) is 1. The van der Waals surface area contributed by atoms with Crippen molar-refractivity contribution in [1.29, 1.82) is 0 Å². The van der Waals surface area contributed by atoms with Gasteiger partial charge >= 0.3 is 0 Å². The van der Waals surface area contributed by atoms with Crippen LogP contribution in [0.25, 0.3) is 5.65 Å². The van der Waals surface area contributed by atoms with Crippen LogP contribution in [-0.4, -0.2) is 32.6 Å². The number of pyridine rings is 1. The van der Waals surface area contributed by atoms with Crippen LogP contribution in [0, 0.1) is 0 Å². The average Bonchev–Trinajstić information content (AvgIpc) is 2.90. The Labute approximate surface area is 130 Å². The Bertz CT molecular complexity index is 879. The standard InChI is InChI=1S/C14H13FN6O2/c1-23-10-7-17-4-2-9(10)19-14(22)11-12(16)20-21-5-3-8(6-15)18-13(11)21/h2-5,7H,6H2,1H3,(H2,16,20)(H,17,19,22). The third kappa shape index (κ3) is 2.63. The molecule has 0 saturated heterocycles. The number of anilines is 2. The Morgan fingerprint density at radius 2 is 2.30 bits per heavy atom. The summed E-state index contributed by atoms with van der Waals surface area (Å²) in [5.41, 5.74) is 6.66. The van der Waals surface area contributed by atoms with Gasteiger partial charge in [0.1, 0.15) is 12.2 Å². The van der Waals surface area contributed by atoms with Crippen molar-refractivity contribution < 1.29 is 13.9 Å². The number of nitrogens with zero attached hydrogens (tertiary/aromatic N) is 4. The summed E-state index contributed by atoms with van der Waals surface area (Å²) < 4.78 is 19.2. The van der Waals surface area contributed by atoms with Gasteiger partial charge in [0.2, 0.25) is 0 Å². The van der Waals surface area contributed by atoms with Crippen LogP contribution in [0.2, 0.25) is 0 Å². The van der Waals surface area contributed by atoms with Crippen LogP contribution in [0.15, 0.2) is 30.7 Å². The number of methoxy groups -OCH3 is 1. The zero-order valence-corrected chi connectivity index (χ0v) is 12.2. The molecule has 3 aromatic rings. The van der Waals surface area contributed by atoms with E-state index in [-0.39, 0.29) is 22.7 Å². The topological polar surface area (TPSA) is 107 Å². The van der Waals surface area contributed by atoms with E-state index in [4.69, 9.17) is 10.5 Å². The van der Waals surface area contributed by atoms with Gasteiger partial charge in [0.15, 0.2) is 17.2 Å². The molecular weight excluding hydrogens is 303 g/mol. The van der Waals surface area contributed by atoms with Gasteiger partial charge in [-0.1, -0.05) is 0 Å². The van der Waals surface area contributed by atoms with E-state index in [1.54, 1.807) is 6.07 Å². The molecule has 1 amide bonds. The zero-order chi connectivity index (χ0) is 16.4. The summed E-state index contributed by atoms with van der Waals surface area (Å²) in [4.78, 5) is 20.5. The van der Waals surface area contributed by atoms with Crippen molar-refractivity contribution in [2.45, 2.75) is 6.67 Å². The normalized spacial score (nSPS) is 10.7. The van der Waals surface area contributed by atoms with Crippen molar-refractivity contribution in [2.24, 2.45) is 0 Å². The van der Waals surface area contributed by atoms with Gasteiger partial charge in [-0.3, -0.25) is 9.78 Å². The molecule has 0 aromatic carbocycles. The number of amides is 1. The molecule has 0 saturated carbocycles. The maximum absolute atomic E-state index is 12.8. The molecule has 118 valence electrons. The molecule has 0 aliphatic carbocycles. The molecule has 0 fully saturated rings. The number of nitrogens with one attached hydrogen (secondary N) is 1. The molecular formula is C14H13FN6O2. The molecule has 3 rings (SSSR count). The predicted molar refractivity (Wildman–Crippen MR) is 81.0 cm³/mol. The van der Waals surface area contributed by atoms with Gasteiger partial charge in [-0.25, -0.2) is 13.9 Å². The fourth-order valence-corrected chi connectivity index (χ4v) is 2.11. The molecule has 3 N–H and O–H groups in total. The predicted octanol–water partition coefficient (Wildman–Crippen LogP) is 1.44. The van der Waals surface area contributed by atoms with E-state index in [0.29, 0.717) is 11.4 Å². The Morgan fingerprint density at radius 1 is 1.48 bits per heavy atom. The zero-order valence-electron chi connectivity index (χ0n) is 12.2. The maximum Gasteiger partial charge on any atom is 0.263 e. The molecule has 3 aromatic heterocycles. The van der Waals surface area contributed by atoms with Gasteiger partial charge in [-0.05, 0) is 12.1 Å². The number of rotatable bonds is 4. The molecule has 0 atom stereocenters. The lowest BCUT2D eigenvalue weighted by atomic mass is 10.2. The van der Waals surface area contributed by atoms with Crippen molar-refractivity contribution >= 4 is 23.1 Å². The summed E-state index contributed by atoms with van der Waals surface area (Å²) >= 11 is 0. The van der Waals surface area contributed by atoms with E-state index < -0.39 is 12.6 Å². The first-order valence-corrected chi connectivity index (χ1v) is 6.63. The number of alkyl halides is 1. The first-order chi connectivity index (χ1) is 11.1. The fraction of sp³-hybridized carbons (Fsp3) is 0.143. The minimum Gasteiger partial charge on any atom is -0.493 e. The largest absolute Gasteiger partial charge is 0.493 e. The van der Waals surface area contributed by atoms with E-state index in [2.05, 4.69) is 20.4 Å². The molecule has 0 unspecified atom stereocenters. The number of hydrogen-bond acceptors (Lipinski definition) is 6. The number of fused-ring (bicyclic) bond motifs is 1. The highest BCUT2D eigenvalue weighted by Gasteiger charge is 2.20. The molecule has 0 spiro atoms. The van der Waals surface area contributed by atoms with Crippen molar-refractivity contribution in [2.75, 3.05) is 18.2 Å².